The summed E-state index contributed by atoms with van der Waals surface area (Å²) in [6.07, 6.45) is 0.782. The number of carbonyl (C=O) groups excluding carboxylic acids is 2. The minimum Gasteiger partial charge on any atom is -0.504 e. The van der Waals surface area contributed by atoms with Gasteiger partial charge in [0, 0.05) is 13.6 Å². The van der Waals surface area contributed by atoms with Crippen LogP contribution >= 0.6 is 0 Å². The molecule has 7 heteroatoms. The second kappa shape index (κ2) is 6.01. The molecule has 0 saturated carbocycles. The molecule has 1 aliphatic heterocycles. The predicted molar refractivity (Wildman–Crippen MR) is 75.6 cm³/mol. The SMILES string of the molecule is CN1CCC(NC(=O)[C@@H](N)Cc2ccc(O)c(O)c2)C1=O. The molecule has 114 valence electrons. The molecule has 1 aliphatic rings. The molecular formula is C14H19N3O4. The molecule has 1 aromatic rings. The van der Waals surface area contributed by atoms with Gasteiger partial charge in [0.15, 0.2) is 11.5 Å². The molecule has 1 saturated heterocycles. The van der Waals surface area contributed by atoms with E-state index in [4.69, 9.17) is 5.73 Å². The quantitative estimate of drug-likeness (QED) is 0.549. The third kappa shape index (κ3) is 3.43. The molecule has 5 N–H and O–H groups in total. The number of phenols is 2. The van der Waals surface area contributed by atoms with Crippen LogP contribution in [0.4, 0.5) is 0 Å². The Morgan fingerprint density at radius 1 is 1.48 bits per heavy atom. The highest BCUT2D eigenvalue weighted by molar-refractivity contribution is 5.90. The fourth-order valence-electron chi connectivity index (χ4n) is 2.28. The number of amides is 2. The van der Waals surface area contributed by atoms with Crippen molar-refractivity contribution in [2.75, 3.05) is 13.6 Å². The van der Waals surface area contributed by atoms with Gasteiger partial charge in [-0.25, -0.2) is 0 Å². The van der Waals surface area contributed by atoms with Gasteiger partial charge in [-0.05, 0) is 30.5 Å². The summed E-state index contributed by atoms with van der Waals surface area (Å²) < 4.78 is 0. The van der Waals surface area contributed by atoms with Gasteiger partial charge in [-0.2, -0.15) is 0 Å². The molecule has 0 aromatic heterocycles. The van der Waals surface area contributed by atoms with Gasteiger partial charge < -0.3 is 26.2 Å². The molecule has 0 radical (unpaired) electrons. The lowest BCUT2D eigenvalue weighted by Gasteiger charge is -2.16. The maximum absolute atomic E-state index is 12.0. The summed E-state index contributed by atoms with van der Waals surface area (Å²) in [5.41, 5.74) is 6.44. The summed E-state index contributed by atoms with van der Waals surface area (Å²) in [6.45, 7) is 0.616. The van der Waals surface area contributed by atoms with Gasteiger partial charge in [-0.3, -0.25) is 9.59 Å². The third-order valence-corrected chi connectivity index (χ3v) is 3.58. The number of phenolic OH excluding ortho intramolecular Hbond substituents is 2. The largest absolute Gasteiger partial charge is 0.504 e. The van der Waals surface area contributed by atoms with Crippen LogP contribution in [0, 0.1) is 0 Å². The van der Waals surface area contributed by atoms with Crippen molar-refractivity contribution >= 4 is 11.8 Å². The van der Waals surface area contributed by atoms with Gasteiger partial charge in [0.2, 0.25) is 11.8 Å². The Morgan fingerprint density at radius 2 is 2.19 bits per heavy atom. The number of aromatic hydroxyl groups is 2. The van der Waals surface area contributed by atoms with Gasteiger partial charge in [0.05, 0.1) is 6.04 Å². The highest BCUT2D eigenvalue weighted by Gasteiger charge is 2.31. The maximum Gasteiger partial charge on any atom is 0.244 e. The summed E-state index contributed by atoms with van der Waals surface area (Å²) in [7, 11) is 1.69. The van der Waals surface area contributed by atoms with E-state index in [1.807, 2.05) is 0 Å². The highest BCUT2D eigenvalue weighted by Crippen LogP contribution is 2.25. The lowest BCUT2D eigenvalue weighted by molar-refractivity contribution is -0.132. The number of hydrogen-bond acceptors (Lipinski definition) is 5. The Bertz CT molecular complexity index is 561. The zero-order chi connectivity index (χ0) is 15.6. The van der Waals surface area contributed by atoms with Crippen LogP contribution < -0.4 is 11.1 Å². The van der Waals surface area contributed by atoms with Crippen molar-refractivity contribution < 1.29 is 19.8 Å². The molecule has 2 amide bonds. The molecule has 0 bridgehead atoms. The van der Waals surface area contributed by atoms with Crippen molar-refractivity contribution in [1.82, 2.24) is 10.2 Å². The molecule has 2 rings (SSSR count). The Labute approximate surface area is 122 Å². The van der Waals surface area contributed by atoms with E-state index < -0.39 is 18.0 Å². The van der Waals surface area contributed by atoms with E-state index in [9.17, 15) is 19.8 Å². The van der Waals surface area contributed by atoms with Crippen LogP contribution in [0.3, 0.4) is 0 Å². The Morgan fingerprint density at radius 3 is 2.76 bits per heavy atom. The minimum absolute atomic E-state index is 0.113. The smallest absolute Gasteiger partial charge is 0.244 e. The summed E-state index contributed by atoms with van der Waals surface area (Å²) in [5, 5.41) is 21.3. The van der Waals surface area contributed by atoms with Crippen LogP contribution in [0.15, 0.2) is 18.2 Å². The molecule has 1 fully saturated rings. The second-order valence-electron chi connectivity index (χ2n) is 5.24. The number of carbonyl (C=O) groups is 2. The summed E-state index contributed by atoms with van der Waals surface area (Å²) in [5.74, 6) is -1.00. The number of nitrogens with one attached hydrogen (secondary N) is 1. The zero-order valence-electron chi connectivity index (χ0n) is 11.7. The standard InChI is InChI=1S/C14H19N3O4/c1-17-5-4-10(14(17)21)16-13(20)9(15)6-8-2-3-11(18)12(19)7-8/h2-3,7,9-10,18-19H,4-6,15H2,1H3,(H,16,20)/t9-,10?/m0/s1. The van der Waals surface area contributed by atoms with Crippen LogP contribution in [0.1, 0.15) is 12.0 Å². The van der Waals surface area contributed by atoms with Crippen LogP contribution in [-0.4, -0.2) is 52.6 Å². The van der Waals surface area contributed by atoms with Crippen LogP contribution in [0.5, 0.6) is 11.5 Å². The first-order valence-electron chi connectivity index (χ1n) is 6.70. The number of benzene rings is 1. The Balaban J connectivity index is 1.93. The van der Waals surface area contributed by atoms with E-state index in [0.29, 0.717) is 18.5 Å². The monoisotopic (exact) mass is 293 g/mol. The molecule has 2 atom stereocenters. The summed E-state index contributed by atoms with van der Waals surface area (Å²) in [6, 6.07) is 2.94. The predicted octanol–water partition coefficient (Wildman–Crippen LogP) is -0.685. The van der Waals surface area contributed by atoms with Crippen molar-refractivity contribution in [3.63, 3.8) is 0 Å². The number of hydrogen-bond donors (Lipinski definition) is 4. The van der Waals surface area contributed by atoms with Crippen LogP contribution in [0.2, 0.25) is 0 Å². The molecule has 1 aromatic carbocycles. The molecule has 1 heterocycles. The molecule has 0 aliphatic carbocycles. The normalized spacial score (nSPS) is 19.6. The molecule has 21 heavy (non-hydrogen) atoms. The highest BCUT2D eigenvalue weighted by atomic mass is 16.3. The molecular weight excluding hydrogens is 274 g/mol. The van der Waals surface area contributed by atoms with Gasteiger partial charge in [0.1, 0.15) is 6.04 Å². The van der Waals surface area contributed by atoms with Crippen molar-refractivity contribution in [3.05, 3.63) is 23.8 Å². The number of rotatable bonds is 4. The zero-order valence-corrected chi connectivity index (χ0v) is 11.7. The van der Waals surface area contributed by atoms with E-state index in [-0.39, 0.29) is 23.8 Å². The van der Waals surface area contributed by atoms with Crippen molar-refractivity contribution in [2.45, 2.75) is 24.9 Å². The first-order valence-corrected chi connectivity index (χ1v) is 6.70. The maximum atomic E-state index is 12.0. The minimum atomic E-state index is -0.826. The number of nitrogens with two attached hydrogens (primary N) is 1. The fraction of sp³-hybridized carbons (Fsp3) is 0.429. The summed E-state index contributed by atoms with van der Waals surface area (Å²) in [4.78, 5) is 25.3. The van der Waals surface area contributed by atoms with E-state index in [2.05, 4.69) is 5.32 Å². The second-order valence-corrected chi connectivity index (χ2v) is 5.24. The summed E-state index contributed by atoms with van der Waals surface area (Å²) >= 11 is 0. The Hall–Kier alpha value is -2.28. The first kappa shape index (κ1) is 15.1. The van der Waals surface area contributed by atoms with Crippen molar-refractivity contribution in [1.29, 1.82) is 0 Å². The number of likely N-dealkylation sites (N-methyl/N-ethyl adjacent to an activating group) is 1. The molecule has 0 spiro atoms. The molecule has 7 nitrogen and oxygen atoms in total. The topological polar surface area (TPSA) is 116 Å². The van der Waals surface area contributed by atoms with E-state index in [0.717, 1.165) is 0 Å². The molecule has 1 unspecified atom stereocenters. The first-order chi connectivity index (χ1) is 9.88. The van der Waals surface area contributed by atoms with Crippen LogP contribution in [-0.2, 0) is 16.0 Å². The van der Waals surface area contributed by atoms with E-state index in [1.54, 1.807) is 18.0 Å². The van der Waals surface area contributed by atoms with Gasteiger partial charge in [-0.15, -0.1) is 0 Å². The van der Waals surface area contributed by atoms with Gasteiger partial charge in [0.25, 0.3) is 0 Å². The van der Waals surface area contributed by atoms with Gasteiger partial charge in [-0.1, -0.05) is 6.07 Å². The van der Waals surface area contributed by atoms with Crippen molar-refractivity contribution in [3.8, 4) is 11.5 Å². The van der Waals surface area contributed by atoms with E-state index in [1.165, 1.54) is 12.1 Å². The average Bonchev–Trinajstić information content (AvgIpc) is 2.75. The fourth-order valence-corrected chi connectivity index (χ4v) is 2.28. The number of likely N-dealkylation sites (tertiary alicyclic amines) is 1. The van der Waals surface area contributed by atoms with Gasteiger partial charge >= 0.3 is 0 Å². The lowest BCUT2D eigenvalue weighted by Crippen LogP contribution is -2.48. The average molecular weight is 293 g/mol. The van der Waals surface area contributed by atoms with Crippen molar-refractivity contribution in [2.24, 2.45) is 5.73 Å². The number of nitrogens with zero attached hydrogens (tertiary/aromatic N) is 1. The van der Waals surface area contributed by atoms with E-state index >= 15 is 0 Å². The van der Waals surface area contributed by atoms with Crippen LogP contribution in [0.25, 0.3) is 0 Å². The Kier molecular flexibility index (Phi) is 4.32. The lowest BCUT2D eigenvalue weighted by atomic mass is 10.0. The third-order valence-electron chi connectivity index (χ3n) is 3.58.